The van der Waals surface area contributed by atoms with Gasteiger partial charge in [-0.2, -0.15) is 0 Å². The molecule has 0 fully saturated rings. The largest absolute Gasteiger partial charge is 0.479 e. The van der Waals surface area contributed by atoms with Gasteiger partial charge in [-0.25, -0.2) is 9.36 Å². The lowest BCUT2D eigenvalue weighted by Crippen LogP contribution is -2.09. The number of para-hydroxylation sites is 1. The number of rotatable bonds is 2. The molecule has 0 atom stereocenters. The molecule has 3 aromatic rings. The summed E-state index contributed by atoms with van der Waals surface area (Å²) >= 11 is 5.87. The Labute approximate surface area is 124 Å². The van der Waals surface area contributed by atoms with E-state index < -0.39 is 6.09 Å². The molecule has 0 amide bonds. The van der Waals surface area contributed by atoms with Crippen LogP contribution in [-0.2, 0) is 0 Å². The number of benzene rings is 1. The summed E-state index contributed by atoms with van der Waals surface area (Å²) in [5, 5.41) is 18.0. The fourth-order valence-corrected chi connectivity index (χ4v) is 2.40. The molecule has 0 unspecified atom stereocenters. The number of fused-ring (bicyclic) bond motifs is 1. The van der Waals surface area contributed by atoms with Crippen LogP contribution in [0.4, 0.5) is 4.79 Å². The lowest BCUT2D eigenvalue weighted by atomic mass is 10.2. The predicted molar refractivity (Wildman–Crippen MR) is 77.9 cm³/mol. The van der Waals surface area contributed by atoms with Gasteiger partial charge in [0.1, 0.15) is 0 Å². The van der Waals surface area contributed by atoms with Gasteiger partial charge >= 0.3 is 6.09 Å². The van der Waals surface area contributed by atoms with E-state index in [2.05, 4.69) is 10.2 Å². The molecule has 0 bridgehead atoms. The second kappa shape index (κ2) is 5.06. The van der Waals surface area contributed by atoms with Gasteiger partial charge in [-0.3, -0.25) is 0 Å². The molecule has 1 aromatic carbocycles. The number of carbonyl (C=O) groups is 1. The first kappa shape index (κ1) is 13.4. The second-order valence-corrected chi connectivity index (χ2v) is 4.68. The molecular weight excluding hydrogens is 294 g/mol. The van der Waals surface area contributed by atoms with Crippen LogP contribution in [0.25, 0.3) is 22.2 Å². The molecule has 106 valence electrons. The van der Waals surface area contributed by atoms with Crippen LogP contribution in [-0.4, -0.2) is 33.1 Å². The van der Waals surface area contributed by atoms with Gasteiger partial charge < -0.3 is 9.84 Å². The number of halogens is 1. The molecule has 0 aliphatic carbocycles. The minimum absolute atomic E-state index is 0.160. The molecule has 0 aliphatic rings. The van der Waals surface area contributed by atoms with Crippen LogP contribution in [0.2, 0.25) is 5.15 Å². The zero-order valence-electron chi connectivity index (χ0n) is 10.9. The van der Waals surface area contributed by atoms with E-state index in [4.69, 9.17) is 16.3 Å². The number of aromatic nitrogens is 3. The van der Waals surface area contributed by atoms with E-state index in [1.165, 1.54) is 17.7 Å². The topological polar surface area (TPSA) is 77.2 Å². The van der Waals surface area contributed by atoms with Crippen molar-refractivity contribution in [3.8, 4) is 17.1 Å². The number of hydrogen-bond acceptors (Lipinski definition) is 4. The Balaban J connectivity index is 2.37. The third-order valence-corrected chi connectivity index (χ3v) is 3.29. The van der Waals surface area contributed by atoms with Crippen LogP contribution in [0.15, 0.2) is 36.4 Å². The normalized spacial score (nSPS) is 10.8. The molecule has 2 heterocycles. The van der Waals surface area contributed by atoms with E-state index in [1.54, 1.807) is 18.2 Å². The molecule has 7 heteroatoms. The Morgan fingerprint density at radius 1 is 1.29 bits per heavy atom. The highest BCUT2D eigenvalue weighted by molar-refractivity contribution is 6.29. The third kappa shape index (κ3) is 2.19. The van der Waals surface area contributed by atoms with Crippen molar-refractivity contribution in [2.45, 2.75) is 0 Å². The maximum absolute atomic E-state index is 11.6. The zero-order chi connectivity index (χ0) is 15.0. The number of carboxylic acid groups (broad SMARTS) is 1. The molecule has 21 heavy (non-hydrogen) atoms. The number of nitrogens with zero attached hydrogens (tertiary/aromatic N) is 3. The molecule has 0 spiro atoms. The zero-order valence-corrected chi connectivity index (χ0v) is 11.7. The molecule has 2 aromatic heterocycles. The van der Waals surface area contributed by atoms with Crippen molar-refractivity contribution in [3.63, 3.8) is 0 Å². The Kier molecular flexibility index (Phi) is 3.23. The quantitative estimate of drug-likeness (QED) is 0.786. The summed E-state index contributed by atoms with van der Waals surface area (Å²) in [5.74, 6) is 0.213. The van der Waals surface area contributed by atoms with E-state index >= 15 is 0 Å². The number of hydrogen-bond donors (Lipinski definition) is 1. The molecule has 0 radical (unpaired) electrons. The molecule has 3 rings (SSSR count). The summed E-state index contributed by atoms with van der Waals surface area (Å²) in [5.41, 5.74) is 1.48. The summed E-state index contributed by atoms with van der Waals surface area (Å²) in [4.78, 5) is 11.6. The van der Waals surface area contributed by atoms with Gasteiger partial charge in [0, 0.05) is 5.39 Å². The molecule has 0 saturated heterocycles. The summed E-state index contributed by atoms with van der Waals surface area (Å²) in [6.45, 7) is 0. The van der Waals surface area contributed by atoms with Crippen LogP contribution >= 0.6 is 11.6 Å². The highest BCUT2D eigenvalue weighted by Gasteiger charge is 2.19. The fraction of sp³-hybridized carbons (Fsp3) is 0.0714. The lowest BCUT2D eigenvalue weighted by molar-refractivity contribution is 0.198. The predicted octanol–water partition coefficient (Wildman–Crippen LogP) is 3.29. The second-order valence-electron chi connectivity index (χ2n) is 4.30. The Bertz CT molecular complexity index is 845. The van der Waals surface area contributed by atoms with Gasteiger partial charge in [0.2, 0.25) is 5.88 Å². The van der Waals surface area contributed by atoms with E-state index in [1.807, 2.05) is 12.1 Å². The Morgan fingerprint density at radius 2 is 2.05 bits per heavy atom. The van der Waals surface area contributed by atoms with Gasteiger partial charge in [0.15, 0.2) is 5.15 Å². The van der Waals surface area contributed by atoms with Crippen molar-refractivity contribution < 1.29 is 14.6 Å². The molecule has 6 nitrogen and oxygen atoms in total. The lowest BCUT2D eigenvalue weighted by Gasteiger charge is -2.08. The summed E-state index contributed by atoms with van der Waals surface area (Å²) in [6.07, 6.45) is -1.10. The first-order valence-electron chi connectivity index (χ1n) is 6.03. The average Bonchev–Trinajstić information content (AvgIpc) is 2.86. The van der Waals surface area contributed by atoms with Crippen molar-refractivity contribution in [3.05, 3.63) is 41.6 Å². The van der Waals surface area contributed by atoms with Crippen LogP contribution < -0.4 is 4.74 Å². The van der Waals surface area contributed by atoms with Crippen molar-refractivity contribution in [2.75, 3.05) is 7.11 Å². The van der Waals surface area contributed by atoms with Gasteiger partial charge in [-0.1, -0.05) is 29.8 Å². The maximum Gasteiger partial charge on any atom is 0.416 e. The third-order valence-electron chi connectivity index (χ3n) is 3.10. The minimum Gasteiger partial charge on any atom is -0.479 e. The van der Waals surface area contributed by atoms with Crippen molar-refractivity contribution in [1.29, 1.82) is 0 Å². The van der Waals surface area contributed by atoms with Crippen LogP contribution in [0.5, 0.6) is 5.88 Å². The Hall–Kier alpha value is -2.60. The van der Waals surface area contributed by atoms with Crippen LogP contribution in [0, 0.1) is 0 Å². The van der Waals surface area contributed by atoms with Gasteiger partial charge in [-0.05, 0) is 18.2 Å². The standard InChI is InChI=1S/C14H10ClN3O3/c1-21-13-9(7-12(15)16-17-13)11-6-8-4-2-3-5-10(8)18(11)14(19)20/h2-7H,1H3,(H,19,20). The molecule has 0 saturated carbocycles. The van der Waals surface area contributed by atoms with E-state index in [9.17, 15) is 9.90 Å². The van der Waals surface area contributed by atoms with Crippen LogP contribution in [0.1, 0.15) is 0 Å². The van der Waals surface area contributed by atoms with Gasteiger partial charge in [0.25, 0.3) is 0 Å². The molecule has 0 aliphatic heterocycles. The average molecular weight is 304 g/mol. The first-order chi connectivity index (χ1) is 10.1. The van der Waals surface area contributed by atoms with E-state index in [0.717, 1.165) is 5.39 Å². The molecular formula is C14H10ClN3O3. The SMILES string of the molecule is COc1nnc(Cl)cc1-c1cc2ccccc2n1C(=O)O. The van der Waals surface area contributed by atoms with Gasteiger partial charge in [0.05, 0.1) is 23.9 Å². The highest BCUT2D eigenvalue weighted by Crippen LogP contribution is 2.33. The maximum atomic E-state index is 11.6. The van der Waals surface area contributed by atoms with Crippen molar-refractivity contribution in [2.24, 2.45) is 0 Å². The van der Waals surface area contributed by atoms with E-state index in [-0.39, 0.29) is 11.0 Å². The number of methoxy groups -OCH3 is 1. The van der Waals surface area contributed by atoms with Gasteiger partial charge in [-0.15, -0.1) is 10.2 Å². The summed E-state index contributed by atoms with van der Waals surface area (Å²) in [7, 11) is 1.44. The molecule has 1 N–H and O–H groups in total. The van der Waals surface area contributed by atoms with Crippen molar-refractivity contribution in [1.82, 2.24) is 14.8 Å². The minimum atomic E-state index is -1.10. The monoisotopic (exact) mass is 303 g/mol. The van der Waals surface area contributed by atoms with Crippen LogP contribution in [0.3, 0.4) is 0 Å². The smallest absolute Gasteiger partial charge is 0.416 e. The summed E-state index contributed by atoms with van der Waals surface area (Å²) < 4.78 is 6.32. The van der Waals surface area contributed by atoms with Crippen molar-refractivity contribution >= 4 is 28.6 Å². The Morgan fingerprint density at radius 3 is 2.76 bits per heavy atom. The number of ether oxygens (including phenoxy) is 1. The first-order valence-corrected chi connectivity index (χ1v) is 6.41. The van der Waals surface area contributed by atoms with E-state index in [0.29, 0.717) is 16.8 Å². The highest BCUT2D eigenvalue weighted by atomic mass is 35.5. The summed E-state index contributed by atoms with van der Waals surface area (Å²) in [6, 6.07) is 10.5. The fourth-order valence-electron chi connectivity index (χ4n) is 2.25.